The fraction of sp³-hybridized carbons (Fsp3) is 0.455. The Kier molecular flexibility index (Phi) is 5.99. The Balaban J connectivity index is 2.31. The van der Waals surface area contributed by atoms with Crippen LogP contribution < -0.4 is 10.6 Å². The van der Waals surface area contributed by atoms with Crippen molar-refractivity contribution in [2.45, 2.75) is 6.43 Å². The van der Waals surface area contributed by atoms with Crippen LogP contribution in [0, 0.1) is 0 Å². The molecule has 0 aliphatic carbocycles. The first-order chi connectivity index (χ1) is 8.63. The number of nitrogens with one attached hydrogen (secondary N) is 2. The number of carbonyl (C=O) groups excluding carboxylic acids is 1. The van der Waals surface area contributed by atoms with Crippen LogP contribution in [-0.2, 0) is 4.74 Å². The molecule has 100 valence electrons. The van der Waals surface area contributed by atoms with Crippen molar-refractivity contribution in [2.24, 2.45) is 0 Å². The minimum absolute atomic E-state index is 0.0435. The summed E-state index contributed by atoms with van der Waals surface area (Å²) >= 11 is 0. The van der Waals surface area contributed by atoms with Gasteiger partial charge in [-0.25, -0.2) is 8.78 Å². The van der Waals surface area contributed by atoms with E-state index in [4.69, 9.17) is 0 Å². The number of amides is 1. The zero-order valence-corrected chi connectivity index (χ0v) is 9.95. The van der Waals surface area contributed by atoms with E-state index in [1.807, 2.05) is 0 Å². The quantitative estimate of drug-likeness (QED) is 0.721. The summed E-state index contributed by atoms with van der Waals surface area (Å²) in [6, 6.07) is 3.32. The van der Waals surface area contributed by atoms with Gasteiger partial charge >= 0.3 is 0 Å². The van der Waals surface area contributed by atoms with Gasteiger partial charge in [0.25, 0.3) is 12.3 Å². The van der Waals surface area contributed by atoms with E-state index in [0.717, 1.165) is 5.69 Å². The van der Waals surface area contributed by atoms with E-state index in [2.05, 4.69) is 20.4 Å². The van der Waals surface area contributed by atoms with Crippen molar-refractivity contribution in [2.75, 3.05) is 32.1 Å². The minimum atomic E-state index is -2.49. The number of nitrogens with zero attached hydrogens (tertiary/aromatic N) is 1. The van der Waals surface area contributed by atoms with Crippen LogP contribution in [-0.4, -0.2) is 44.1 Å². The lowest BCUT2D eigenvalue weighted by atomic mass is 10.3. The van der Waals surface area contributed by atoms with E-state index in [0.29, 0.717) is 0 Å². The largest absolute Gasteiger partial charge is 0.388 e. The van der Waals surface area contributed by atoms with Gasteiger partial charge in [-0.2, -0.15) is 0 Å². The molecule has 18 heavy (non-hydrogen) atoms. The molecule has 1 amide bonds. The molecule has 0 bridgehead atoms. The first-order valence-electron chi connectivity index (χ1n) is 5.41. The Hall–Kier alpha value is -1.76. The van der Waals surface area contributed by atoms with Crippen molar-refractivity contribution >= 4 is 11.6 Å². The van der Waals surface area contributed by atoms with Crippen LogP contribution in [0.3, 0.4) is 0 Å². The van der Waals surface area contributed by atoms with Crippen LogP contribution >= 0.6 is 0 Å². The first-order valence-corrected chi connectivity index (χ1v) is 5.41. The van der Waals surface area contributed by atoms with Gasteiger partial charge in [0.2, 0.25) is 0 Å². The molecule has 0 saturated heterocycles. The average Bonchev–Trinajstić information content (AvgIpc) is 2.37. The van der Waals surface area contributed by atoms with Crippen molar-refractivity contribution < 1.29 is 18.3 Å². The van der Waals surface area contributed by atoms with Gasteiger partial charge in [-0.05, 0) is 12.1 Å². The highest BCUT2D eigenvalue weighted by atomic mass is 19.3. The molecule has 0 atom stereocenters. The fourth-order valence-corrected chi connectivity index (χ4v) is 1.21. The zero-order chi connectivity index (χ0) is 13.4. The molecule has 5 nitrogen and oxygen atoms in total. The third kappa shape index (κ3) is 5.05. The van der Waals surface area contributed by atoms with E-state index in [1.54, 1.807) is 19.2 Å². The smallest absolute Gasteiger partial charge is 0.270 e. The van der Waals surface area contributed by atoms with Gasteiger partial charge in [-0.1, -0.05) is 0 Å². The molecule has 2 N–H and O–H groups in total. The van der Waals surface area contributed by atoms with E-state index in [9.17, 15) is 13.6 Å². The number of rotatable bonds is 7. The molecule has 0 aromatic carbocycles. The lowest BCUT2D eigenvalue weighted by molar-refractivity contribution is 0.0188. The average molecular weight is 259 g/mol. The molecule has 1 aromatic rings. The van der Waals surface area contributed by atoms with E-state index >= 15 is 0 Å². The standard InChI is InChI=1S/C11H15F2N3O2/c1-14-8-2-3-15-9(6-8)11(17)16-4-5-18-7-10(12)13/h2-3,6,10H,4-5,7H2,1H3,(H,14,15)(H,16,17). The molecule has 0 unspecified atom stereocenters. The topological polar surface area (TPSA) is 63.2 Å². The van der Waals surface area contributed by atoms with Crippen LogP contribution in [0.5, 0.6) is 0 Å². The third-order valence-electron chi connectivity index (χ3n) is 2.06. The molecule has 0 aliphatic heterocycles. The van der Waals surface area contributed by atoms with Crippen molar-refractivity contribution in [1.82, 2.24) is 10.3 Å². The van der Waals surface area contributed by atoms with Crippen LogP contribution in [0.4, 0.5) is 14.5 Å². The van der Waals surface area contributed by atoms with Crippen molar-refractivity contribution in [3.8, 4) is 0 Å². The highest BCUT2D eigenvalue weighted by Crippen LogP contribution is 2.06. The number of hydrogen-bond acceptors (Lipinski definition) is 4. The Morgan fingerprint density at radius 3 is 3.00 bits per heavy atom. The predicted octanol–water partition coefficient (Wildman–Crippen LogP) is 1.13. The van der Waals surface area contributed by atoms with Gasteiger partial charge in [-0.3, -0.25) is 9.78 Å². The minimum Gasteiger partial charge on any atom is -0.388 e. The Morgan fingerprint density at radius 2 is 2.33 bits per heavy atom. The van der Waals surface area contributed by atoms with Gasteiger partial charge < -0.3 is 15.4 Å². The number of anilines is 1. The second-order valence-corrected chi connectivity index (χ2v) is 3.40. The molecular formula is C11H15F2N3O2. The maximum absolute atomic E-state index is 11.7. The molecule has 0 aliphatic rings. The number of pyridine rings is 1. The SMILES string of the molecule is CNc1ccnc(C(=O)NCCOCC(F)F)c1. The Labute approximate surface area is 104 Å². The van der Waals surface area contributed by atoms with Gasteiger partial charge in [0.05, 0.1) is 6.61 Å². The monoisotopic (exact) mass is 259 g/mol. The number of ether oxygens (including phenoxy) is 1. The van der Waals surface area contributed by atoms with Crippen molar-refractivity contribution in [3.05, 3.63) is 24.0 Å². The molecule has 1 rings (SSSR count). The summed E-state index contributed by atoms with van der Waals surface area (Å²) in [7, 11) is 1.73. The number of carbonyl (C=O) groups is 1. The maximum Gasteiger partial charge on any atom is 0.270 e. The highest BCUT2D eigenvalue weighted by molar-refractivity contribution is 5.93. The lowest BCUT2D eigenvalue weighted by Crippen LogP contribution is -2.28. The summed E-state index contributed by atoms with van der Waals surface area (Å²) in [4.78, 5) is 15.5. The molecular weight excluding hydrogens is 244 g/mol. The highest BCUT2D eigenvalue weighted by Gasteiger charge is 2.07. The van der Waals surface area contributed by atoms with Gasteiger partial charge in [-0.15, -0.1) is 0 Å². The summed E-state index contributed by atoms with van der Waals surface area (Å²) in [5.41, 5.74) is 1.03. The van der Waals surface area contributed by atoms with Gasteiger partial charge in [0.1, 0.15) is 12.3 Å². The van der Waals surface area contributed by atoms with Gasteiger partial charge in [0, 0.05) is 25.5 Å². The molecule has 1 heterocycles. The Bertz CT molecular complexity index is 388. The van der Waals surface area contributed by atoms with E-state index < -0.39 is 13.0 Å². The third-order valence-corrected chi connectivity index (χ3v) is 2.06. The second kappa shape index (κ2) is 7.54. The summed E-state index contributed by atoms with van der Waals surface area (Å²) < 4.78 is 28.1. The number of alkyl halides is 2. The fourth-order valence-electron chi connectivity index (χ4n) is 1.21. The molecule has 7 heteroatoms. The predicted molar refractivity (Wildman–Crippen MR) is 62.9 cm³/mol. The van der Waals surface area contributed by atoms with Gasteiger partial charge in [0.15, 0.2) is 0 Å². The van der Waals surface area contributed by atoms with Crippen LogP contribution in [0.15, 0.2) is 18.3 Å². The normalized spacial score (nSPS) is 10.4. The summed E-state index contributed by atoms with van der Waals surface area (Å²) in [5, 5.41) is 5.41. The summed E-state index contributed by atoms with van der Waals surface area (Å²) in [5.74, 6) is -0.368. The number of aromatic nitrogens is 1. The molecule has 0 spiro atoms. The van der Waals surface area contributed by atoms with Crippen LogP contribution in [0.1, 0.15) is 10.5 Å². The lowest BCUT2D eigenvalue weighted by Gasteiger charge is -2.06. The van der Waals surface area contributed by atoms with Crippen molar-refractivity contribution in [3.63, 3.8) is 0 Å². The maximum atomic E-state index is 11.7. The first kappa shape index (κ1) is 14.3. The number of hydrogen-bond donors (Lipinski definition) is 2. The van der Waals surface area contributed by atoms with Crippen LogP contribution in [0.2, 0.25) is 0 Å². The molecule has 0 fully saturated rings. The van der Waals surface area contributed by atoms with Crippen LogP contribution in [0.25, 0.3) is 0 Å². The molecule has 0 saturated carbocycles. The zero-order valence-electron chi connectivity index (χ0n) is 9.95. The summed E-state index contributed by atoms with van der Waals surface area (Å²) in [6.45, 7) is -0.415. The summed E-state index contributed by atoms with van der Waals surface area (Å²) in [6.07, 6.45) is -0.983. The van der Waals surface area contributed by atoms with E-state index in [-0.39, 0.29) is 24.8 Å². The van der Waals surface area contributed by atoms with Crippen molar-refractivity contribution in [1.29, 1.82) is 0 Å². The second-order valence-electron chi connectivity index (χ2n) is 3.40. The number of halogens is 2. The Morgan fingerprint density at radius 1 is 1.56 bits per heavy atom. The molecule has 0 radical (unpaired) electrons. The molecule has 1 aromatic heterocycles. The van der Waals surface area contributed by atoms with E-state index in [1.165, 1.54) is 6.20 Å².